The van der Waals surface area contributed by atoms with Crippen LogP contribution >= 0.6 is 0 Å². The van der Waals surface area contributed by atoms with Gasteiger partial charge in [-0.25, -0.2) is 0 Å². The molecule has 0 aliphatic heterocycles. The average Bonchev–Trinajstić information content (AvgIpc) is 2.97. The monoisotopic (exact) mass is 566 g/mol. The van der Waals surface area contributed by atoms with Crippen LogP contribution in [0.2, 0.25) is 0 Å². The van der Waals surface area contributed by atoms with Crippen molar-refractivity contribution in [1.29, 1.82) is 5.41 Å². The van der Waals surface area contributed by atoms with Gasteiger partial charge in [0.05, 0.1) is 0 Å². The number of rotatable bonds is 13. The van der Waals surface area contributed by atoms with Gasteiger partial charge in [0, 0.05) is 26.4 Å². The molecule has 0 heterocycles. The van der Waals surface area contributed by atoms with Gasteiger partial charge in [0.15, 0.2) is 5.96 Å². The van der Waals surface area contributed by atoms with E-state index in [4.69, 9.17) is 16.9 Å². The minimum Gasteiger partial charge on any atom is -0.370 e. The minimum absolute atomic E-state index is 0.170. The molecule has 0 unspecified atom stereocenters. The van der Waals surface area contributed by atoms with Crippen LogP contribution < -0.4 is 22.1 Å². The maximum atomic E-state index is 14.2. The topological polar surface area (TPSA) is 154 Å². The van der Waals surface area contributed by atoms with Crippen molar-refractivity contribution in [2.75, 3.05) is 13.1 Å². The summed E-state index contributed by atoms with van der Waals surface area (Å²) in [7, 11) is 0. The number of nitrogens with two attached hydrogens (primary N) is 2. The van der Waals surface area contributed by atoms with E-state index in [1.54, 1.807) is 0 Å². The first-order chi connectivity index (χ1) is 20.2. The summed E-state index contributed by atoms with van der Waals surface area (Å²) in [6, 6.07) is 26.3. The molecule has 2 atom stereocenters. The van der Waals surface area contributed by atoms with E-state index < -0.39 is 18.0 Å². The summed E-state index contributed by atoms with van der Waals surface area (Å²) >= 11 is 0. The molecule has 0 saturated heterocycles. The predicted molar refractivity (Wildman–Crippen MR) is 167 cm³/mol. The van der Waals surface area contributed by atoms with Crippen molar-refractivity contribution >= 4 is 45.2 Å². The Balaban J connectivity index is 1.62. The summed E-state index contributed by atoms with van der Waals surface area (Å²) in [6.07, 6.45) is 1.49. The lowest BCUT2D eigenvalue weighted by atomic mass is 9.99. The quantitative estimate of drug-likeness (QED) is 0.0955. The summed E-state index contributed by atoms with van der Waals surface area (Å²) in [4.78, 5) is 40.7. The highest BCUT2D eigenvalue weighted by atomic mass is 16.2. The molecule has 4 aromatic carbocycles. The lowest BCUT2D eigenvalue weighted by Gasteiger charge is -2.33. The molecule has 0 radical (unpaired) electrons. The second kappa shape index (κ2) is 14.1. The van der Waals surface area contributed by atoms with Crippen LogP contribution in [0.1, 0.15) is 30.9 Å². The van der Waals surface area contributed by atoms with Crippen molar-refractivity contribution in [1.82, 2.24) is 15.5 Å². The Hall–Kier alpha value is -4.92. The van der Waals surface area contributed by atoms with Crippen molar-refractivity contribution in [2.45, 2.75) is 44.7 Å². The SMILES string of the molecule is CC(=O)N[C@H](Cc1ccc2ccccc2c1)C(=O)N(CCc1ccc2ccccc2c1)[C@@H](CCCNC(=N)N)C(N)=O. The van der Waals surface area contributed by atoms with Gasteiger partial charge in [0.2, 0.25) is 17.7 Å². The van der Waals surface area contributed by atoms with Gasteiger partial charge in [-0.3, -0.25) is 19.8 Å². The van der Waals surface area contributed by atoms with E-state index in [1.807, 2.05) is 78.9 Å². The molecule has 0 bridgehead atoms. The first kappa shape index (κ1) is 30.0. The number of benzene rings is 4. The van der Waals surface area contributed by atoms with E-state index in [0.29, 0.717) is 19.4 Å². The lowest BCUT2D eigenvalue weighted by molar-refractivity contribution is -0.142. The summed E-state index contributed by atoms with van der Waals surface area (Å²) in [5, 5.41) is 17.2. The fourth-order valence-corrected chi connectivity index (χ4v) is 5.28. The number of hydrogen-bond donors (Lipinski definition) is 5. The number of amides is 3. The number of carbonyl (C=O) groups excluding carboxylic acids is 3. The highest BCUT2D eigenvalue weighted by Crippen LogP contribution is 2.20. The molecular weight excluding hydrogens is 528 g/mol. The van der Waals surface area contributed by atoms with Crippen LogP contribution in [0.25, 0.3) is 21.5 Å². The van der Waals surface area contributed by atoms with Gasteiger partial charge in [0.1, 0.15) is 12.1 Å². The van der Waals surface area contributed by atoms with Gasteiger partial charge >= 0.3 is 0 Å². The van der Waals surface area contributed by atoms with Gasteiger partial charge in [-0.05, 0) is 51.9 Å². The van der Waals surface area contributed by atoms with E-state index >= 15 is 0 Å². The van der Waals surface area contributed by atoms with E-state index in [2.05, 4.69) is 16.7 Å². The number of fused-ring (bicyclic) bond motifs is 2. The van der Waals surface area contributed by atoms with Gasteiger partial charge in [-0.1, -0.05) is 84.9 Å². The number of nitrogens with zero attached hydrogens (tertiary/aromatic N) is 1. The molecule has 3 amide bonds. The summed E-state index contributed by atoms with van der Waals surface area (Å²) in [6.45, 7) is 1.97. The molecule has 7 N–H and O–H groups in total. The van der Waals surface area contributed by atoms with E-state index in [1.165, 1.54) is 11.8 Å². The summed E-state index contributed by atoms with van der Waals surface area (Å²) in [5.74, 6) is -1.51. The zero-order chi connectivity index (χ0) is 30.1. The third-order valence-corrected chi connectivity index (χ3v) is 7.34. The fourth-order valence-electron chi connectivity index (χ4n) is 5.28. The Morgan fingerprint density at radius 3 is 1.98 bits per heavy atom. The molecule has 0 saturated carbocycles. The van der Waals surface area contributed by atoms with Gasteiger partial charge in [-0.2, -0.15) is 0 Å². The lowest BCUT2D eigenvalue weighted by Crippen LogP contribution is -2.56. The van der Waals surface area contributed by atoms with Crippen LogP contribution in [-0.2, 0) is 27.2 Å². The molecule has 4 aromatic rings. The Morgan fingerprint density at radius 2 is 1.40 bits per heavy atom. The van der Waals surface area contributed by atoms with Gasteiger partial charge < -0.3 is 27.0 Å². The molecule has 218 valence electrons. The molecule has 9 nitrogen and oxygen atoms in total. The molecule has 42 heavy (non-hydrogen) atoms. The maximum Gasteiger partial charge on any atom is 0.246 e. The van der Waals surface area contributed by atoms with E-state index in [0.717, 1.165) is 32.7 Å². The smallest absolute Gasteiger partial charge is 0.246 e. The third-order valence-electron chi connectivity index (χ3n) is 7.34. The van der Waals surface area contributed by atoms with Crippen LogP contribution in [0.4, 0.5) is 0 Å². The Morgan fingerprint density at radius 1 is 0.833 bits per heavy atom. The largest absolute Gasteiger partial charge is 0.370 e. The van der Waals surface area contributed by atoms with Crippen molar-refractivity contribution in [3.8, 4) is 0 Å². The average molecular weight is 567 g/mol. The number of carbonyl (C=O) groups is 3. The Labute approximate surface area is 245 Å². The second-order valence-electron chi connectivity index (χ2n) is 10.5. The summed E-state index contributed by atoms with van der Waals surface area (Å²) < 4.78 is 0. The van der Waals surface area contributed by atoms with Crippen LogP contribution in [0, 0.1) is 5.41 Å². The molecule has 0 spiro atoms. The normalized spacial score (nSPS) is 12.4. The zero-order valence-corrected chi connectivity index (χ0v) is 23.8. The van der Waals surface area contributed by atoms with Crippen molar-refractivity contribution in [3.05, 3.63) is 96.1 Å². The second-order valence-corrected chi connectivity index (χ2v) is 10.5. The Kier molecular flexibility index (Phi) is 10.1. The fraction of sp³-hybridized carbons (Fsp3) is 0.273. The highest BCUT2D eigenvalue weighted by molar-refractivity contribution is 5.92. The maximum absolute atomic E-state index is 14.2. The molecular formula is C33H38N6O3. The predicted octanol–water partition coefficient (Wildman–Crippen LogP) is 3.23. The van der Waals surface area contributed by atoms with Crippen LogP contribution in [0.5, 0.6) is 0 Å². The standard InChI is InChI=1S/C33H38N6O3/c1-22(40)38-29(21-24-13-15-26-8-3-5-10-28(26)20-24)32(42)39(30(31(34)41)11-6-17-37-33(35)36)18-16-23-12-14-25-7-2-4-9-27(25)19-23/h2-5,7-10,12-15,19-20,29-30H,6,11,16-18,21H2,1H3,(H2,34,41)(H,38,40)(H4,35,36,37)/t29-,30+/m1/s1. The van der Waals surface area contributed by atoms with Gasteiger partial charge in [0.25, 0.3) is 0 Å². The molecule has 0 aliphatic rings. The van der Waals surface area contributed by atoms with Crippen LogP contribution in [0.3, 0.4) is 0 Å². The molecule has 0 aromatic heterocycles. The first-order valence-corrected chi connectivity index (χ1v) is 14.1. The third kappa shape index (κ3) is 8.06. The number of nitrogens with one attached hydrogen (secondary N) is 3. The van der Waals surface area contributed by atoms with Crippen molar-refractivity contribution in [2.24, 2.45) is 11.5 Å². The zero-order valence-electron chi connectivity index (χ0n) is 23.8. The molecule has 9 heteroatoms. The van der Waals surface area contributed by atoms with Crippen molar-refractivity contribution in [3.63, 3.8) is 0 Å². The van der Waals surface area contributed by atoms with Crippen LogP contribution in [-0.4, -0.2) is 53.8 Å². The molecule has 0 aliphatic carbocycles. The van der Waals surface area contributed by atoms with E-state index in [9.17, 15) is 14.4 Å². The van der Waals surface area contributed by atoms with Crippen LogP contribution in [0.15, 0.2) is 84.9 Å². The number of primary amides is 1. The van der Waals surface area contributed by atoms with Crippen molar-refractivity contribution < 1.29 is 14.4 Å². The highest BCUT2D eigenvalue weighted by Gasteiger charge is 2.33. The number of hydrogen-bond acceptors (Lipinski definition) is 4. The Bertz CT molecular complexity index is 1590. The minimum atomic E-state index is -0.903. The molecule has 4 rings (SSSR count). The summed E-state index contributed by atoms with van der Waals surface area (Å²) in [5.41, 5.74) is 13.2. The first-order valence-electron chi connectivity index (χ1n) is 14.1. The van der Waals surface area contributed by atoms with Gasteiger partial charge in [-0.15, -0.1) is 0 Å². The number of guanidine groups is 1. The van der Waals surface area contributed by atoms with E-state index in [-0.39, 0.29) is 37.2 Å². The molecule has 0 fully saturated rings.